The Morgan fingerprint density at radius 3 is 2.73 bits per heavy atom. The van der Waals surface area contributed by atoms with E-state index in [1.54, 1.807) is 42.5 Å². The van der Waals surface area contributed by atoms with Crippen molar-refractivity contribution < 1.29 is 19.2 Å². The summed E-state index contributed by atoms with van der Waals surface area (Å²) < 4.78 is 10.9. The Hall–Kier alpha value is -3.57. The molecule has 1 amide bonds. The van der Waals surface area contributed by atoms with Crippen LogP contribution in [0.15, 0.2) is 42.5 Å². The second kappa shape index (κ2) is 7.35. The first-order valence-electron chi connectivity index (χ1n) is 9.50. The molecule has 1 fully saturated rings. The zero-order valence-electron chi connectivity index (χ0n) is 16.5. The van der Waals surface area contributed by atoms with Crippen LogP contribution >= 0.6 is 0 Å². The van der Waals surface area contributed by atoms with Gasteiger partial charge in [0.25, 0.3) is 11.9 Å². The number of para-hydroxylation sites is 1. The molecule has 0 saturated carbocycles. The van der Waals surface area contributed by atoms with Crippen LogP contribution in [0.5, 0.6) is 11.5 Å². The number of hydrogen-bond acceptors (Lipinski definition) is 6. The number of nitrogens with zero attached hydrogens (tertiary/aromatic N) is 1. The van der Waals surface area contributed by atoms with Crippen molar-refractivity contribution in [3.63, 3.8) is 0 Å². The molecule has 4 rings (SSSR count). The van der Waals surface area contributed by atoms with Crippen molar-refractivity contribution >= 4 is 11.6 Å². The normalized spacial score (nSPS) is 26.7. The summed E-state index contributed by atoms with van der Waals surface area (Å²) in [6.07, 6.45) is 5.25. The highest BCUT2D eigenvalue weighted by molar-refractivity contribution is 6.07. The van der Waals surface area contributed by atoms with Gasteiger partial charge in [-0.05, 0) is 30.7 Å². The molecule has 154 valence electrons. The molecule has 0 aliphatic carbocycles. The highest BCUT2D eigenvalue weighted by atomic mass is 16.6. The molecule has 2 N–H and O–H groups in total. The monoisotopic (exact) mass is 407 g/mol. The van der Waals surface area contributed by atoms with Gasteiger partial charge in [0, 0.05) is 22.2 Å². The molecule has 30 heavy (non-hydrogen) atoms. The number of ether oxygens (including phenoxy) is 2. The number of amides is 1. The van der Waals surface area contributed by atoms with Crippen LogP contribution in [-0.4, -0.2) is 36.6 Å². The molecular formula is C22H21N3O5. The summed E-state index contributed by atoms with van der Waals surface area (Å²) in [5.74, 6) is 2.28. The van der Waals surface area contributed by atoms with Crippen LogP contribution in [0.3, 0.4) is 0 Å². The minimum absolute atomic E-state index is 0.0781. The SMILES string of the molecule is C#CCOc1ccc([C@@H]2[C@H](C)N[C@@]3(C(=O)Nc4ccccc43)[C@H]2[N+](=O)[O-])cc1OC. The van der Waals surface area contributed by atoms with Crippen molar-refractivity contribution in [1.29, 1.82) is 0 Å². The summed E-state index contributed by atoms with van der Waals surface area (Å²) in [6.45, 7) is 1.92. The zero-order valence-corrected chi connectivity index (χ0v) is 16.5. The van der Waals surface area contributed by atoms with E-state index in [0.29, 0.717) is 28.3 Å². The molecule has 1 spiro atoms. The number of carbonyl (C=O) groups is 1. The Bertz CT molecular complexity index is 1060. The van der Waals surface area contributed by atoms with Gasteiger partial charge in [-0.3, -0.25) is 20.2 Å². The number of rotatable bonds is 5. The maximum atomic E-state index is 13.0. The largest absolute Gasteiger partial charge is 0.493 e. The number of carbonyl (C=O) groups excluding carboxylic acids is 1. The van der Waals surface area contributed by atoms with Crippen molar-refractivity contribution in [3.05, 3.63) is 63.7 Å². The highest BCUT2D eigenvalue weighted by Gasteiger charge is 2.67. The maximum absolute atomic E-state index is 13.0. The summed E-state index contributed by atoms with van der Waals surface area (Å²) in [5, 5.41) is 18.4. The second-order valence-electron chi connectivity index (χ2n) is 7.40. The lowest BCUT2D eigenvalue weighted by atomic mass is 9.78. The third kappa shape index (κ3) is 2.78. The highest BCUT2D eigenvalue weighted by Crippen LogP contribution is 2.50. The van der Waals surface area contributed by atoms with E-state index in [0.717, 1.165) is 0 Å². The fraction of sp³-hybridized carbons (Fsp3) is 0.318. The Labute approximate surface area is 173 Å². The van der Waals surface area contributed by atoms with Crippen LogP contribution in [0.1, 0.15) is 24.0 Å². The number of terminal acetylenes is 1. The van der Waals surface area contributed by atoms with Gasteiger partial charge in [-0.15, -0.1) is 6.42 Å². The number of nitrogens with one attached hydrogen (secondary N) is 2. The lowest BCUT2D eigenvalue weighted by molar-refractivity contribution is -0.532. The van der Waals surface area contributed by atoms with Gasteiger partial charge in [0.2, 0.25) is 0 Å². The van der Waals surface area contributed by atoms with Crippen LogP contribution in [0, 0.1) is 22.5 Å². The van der Waals surface area contributed by atoms with E-state index in [4.69, 9.17) is 15.9 Å². The van der Waals surface area contributed by atoms with Gasteiger partial charge in [0.05, 0.1) is 13.0 Å². The van der Waals surface area contributed by atoms with Crippen molar-refractivity contribution in [2.45, 2.75) is 30.5 Å². The molecule has 2 aromatic rings. The molecule has 2 aromatic carbocycles. The van der Waals surface area contributed by atoms with Gasteiger partial charge >= 0.3 is 0 Å². The fourth-order valence-corrected chi connectivity index (χ4v) is 4.68. The first-order valence-corrected chi connectivity index (χ1v) is 9.50. The number of fused-ring (bicyclic) bond motifs is 2. The first kappa shape index (κ1) is 19.7. The van der Waals surface area contributed by atoms with E-state index in [2.05, 4.69) is 16.6 Å². The molecule has 8 heteroatoms. The van der Waals surface area contributed by atoms with E-state index in [-0.39, 0.29) is 17.6 Å². The Balaban J connectivity index is 1.81. The molecule has 0 unspecified atom stereocenters. The lowest BCUT2D eigenvalue weighted by Gasteiger charge is -2.25. The van der Waals surface area contributed by atoms with Gasteiger partial charge in [0.15, 0.2) is 17.0 Å². The first-order chi connectivity index (χ1) is 14.4. The van der Waals surface area contributed by atoms with Crippen LogP contribution in [0.2, 0.25) is 0 Å². The van der Waals surface area contributed by atoms with Crippen LogP contribution < -0.4 is 20.1 Å². The Morgan fingerprint density at radius 1 is 1.27 bits per heavy atom. The van der Waals surface area contributed by atoms with Crippen molar-refractivity contribution in [2.24, 2.45) is 0 Å². The van der Waals surface area contributed by atoms with E-state index in [1.807, 2.05) is 6.92 Å². The molecule has 1 saturated heterocycles. The molecule has 4 atom stereocenters. The van der Waals surface area contributed by atoms with Gasteiger partial charge < -0.3 is 14.8 Å². The summed E-state index contributed by atoms with van der Waals surface area (Å²) in [7, 11) is 1.49. The smallest absolute Gasteiger partial charge is 0.256 e. The third-order valence-electron chi connectivity index (χ3n) is 5.85. The fourth-order valence-electron chi connectivity index (χ4n) is 4.68. The Morgan fingerprint density at radius 2 is 2.03 bits per heavy atom. The van der Waals surface area contributed by atoms with Gasteiger partial charge in [0.1, 0.15) is 6.61 Å². The molecule has 0 bridgehead atoms. The second-order valence-corrected chi connectivity index (χ2v) is 7.40. The summed E-state index contributed by atoms with van der Waals surface area (Å²) in [6, 6.07) is 10.7. The molecule has 0 radical (unpaired) electrons. The maximum Gasteiger partial charge on any atom is 0.256 e. The summed E-state index contributed by atoms with van der Waals surface area (Å²) >= 11 is 0. The minimum Gasteiger partial charge on any atom is -0.493 e. The average molecular weight is 407 g/mol. The lowest BCUT2D eigenvalue weighted by Crippen LogP contribution is -2.54. The van der Waals surface area contributed by atoms with Crippen LogP contribution in [0.25, 0.3) is 0 Å². The predicted molar refractivity (Wildman–Crippen MR) is 110 cm³/mol. The number of nitro groups is 1. The van der Waals surface area contributed by atoms with Crippen molar-refractivity contribution in [2.75, 3.05) is 19.0 Å². The van der Waals surface area contributed by atoms with Crippen LogP contribution in [0.4, 0.5) is 5.69 Å². The molecule has 2 heterocycles. The summed E-state index contributed by atoms with van der Waals surface area (Å²) in [5.41, 5.74) is 0.406. The predicted octanol–water partition coefficient (Wildman–Crippen LogP) is 2.28. The topological polar surface area (TPSA) is 103 Å². The number of anilines is 1. The van der Waals surface area contributed by atoms with Crippen LogP contribution in [-0.2, 0) is 10.3 Å². The number of methoxy groups -OCH3 is 1. The number of benzene rings is 2. The molecule has 0 aromatic heterocycles. The Kier molecular flexibility index (Phi) is 4.84. The third-order valence-corrected chi connectivity index (χ3v) is 5.85. The number of hydrogen-bond donors (Lipinski definition) is 2. The quantitative estimate of drug-likeness (QED) is 0.448. The summed E-state index contributed by atoms with van der Waals surface area (Å²) in [4.78, 5) is 25.0. The van der Waals surface area contributed by atoms with Crippen molar-refractivity contribution in [3.8, 4) is 23.8 Å². The van der Waals surface area contributed by atoms with Crippen molar-refractivity contribution in [1.82, 2.24) is 5.32 Å². The standard InChI is InChI=1S/C22H21N3O5/c1-4-11-30-17-10-9-14(12-18(17)29-3)19-13(2)24-22(20(19)25(27)28)15-7-5-6-8-16(15)23-21(22)26/h1,5-10,12-13,19-20,24H,11H2,2-3H3,(H,23,26)/t13-,19-,20-,22+/m0/s1. The zero-order chi connectivity index (χ0) is 21.5. The van der Waals surface area contributed by atoms with E-state index in [1.165, 1.54) is 7.11 Å². The minimum atomic E-state index is -1.45. The van der Waals surface area contributed by atoms with Gasteiger partial charge in [-0.25, -0.2) is 0 Å². The average Bonchev–Trinajstić information content (AvgIpc) is 3.20. The van der Waals surface area contributed by atoms with Gasteiger partial charge in [-0.1, -0.05) is 30.2 Å². The van der Waals surface area contributed by atoms with E-state index < -0.39 is 23.4 Å². The molecule has 2 aliphatic rings. The van der Waals surface area contributed by atoms with E-state index >= 15 is 0 Å². The molecular weight excluding hydrogens is 386 g/mol. The molecule has 2 aliphatic heterocycles. The molecule has 8 nitrogen and oxygen atoms in total. The van der Waals surface area contributed by atoms with Gasteiger partial charge in [-0.2, -0.15) is 0 Å². The van der Waals surface area contributed by atoms with E-state index in [9.17, 15) is 14.9 Å².